The molecule has 0 aromatic heterocycles. The largest absolute Gasteiger partial charge is 0.0895 e. The van der Waals surface area contributed by atoms with Crippen LogP contribution in [0.25, 0.3) is 22.3 Å². The lowest BCUT2D eigenvalue weighted by molar-refractivity contribution is 1.06. The molecule has 0 aliphatic carbocycles. The van der Waals surface area contributed by atoms with Crippen LogP contribution in [-0.4, -0.2) is 0 Å². The van der Waals surface area contributed by atoms with Crippen molar-refractivity contribution in [3.05, 3.63) is 108 Å². The van der Waals surface area contributed by atoms with Gasteiger partial charge in [-0.3, -0.25) is 0 Å². The summed E-state index contributed by atoms with van der Waals surface area (Å²) >= 11 is 1.90. The Balaban J connectivity index is 1.52. The minimum Gasteiger partial charge on any atom is -0.0895 e. The molecule has 0 saturated carbocycles. The van der Waals surface area contributed by atoms with Crippen molar-refractivity contribution in [2.75, 3.05) is 0 Å². The maximum Gasteiger partial charge on any atom is 0.0164 e. The quantitative estimate of drug-likeness (QED) is 0.328. The van der Waals surface area contributed by atoms with Gasteiger partial charge in [-0.25, -0.2) is 0 Å². The Bertz CT molecular complexity index is 979. The van der Waals surface area contributed by atoms with Gasteiger partial charge >= 0.3 is 0 Å². The molecule has 1 aliphatic heterocycles. The fourth-order valence-electron chi connectivity index (χ4n) is 3.54. The summed E-state index contributed by atoms with van der Waals surface area (Å²) in [6.07, 6.45) is 1.02. The van der Waals surface area contributed by atoms with Crippen LogP contribution in [0.1, 0.15) is 11.1 Å². The number of rotatable bonds is 2. The van der Waals surface area contributed by atoms with E-state index in [1.54, 1.807) is 0 Å². The van der Waals surface area contributed by atoms with Gasteiger partial charge in [0.2, 0.25) is 0 Å². The zero-order chi connectivity index (χ0) is 17.3. The molecule has 0 fully saturated rings. The molecule has 0 N–H and O–H groups in total. The second kappa shape index (κ2) is 6.51. The fraction of sp³-hybridized carbons (Fsp3) is 0.0400. The summed E-state index contributed by atoms with van der Waals surface area (Å²) in [5.74, 6) is 0. The summed E-state index contributed by atoms with van der Waals surface area (Å²) in [6.45, 7) is 0. The van der Waals surface area contributed by atoms with Crippen molar-refractivity contribution >= 4 is 11.8 Å². The zero-order valence-electron chi connectivity index (χ0n) is 14.4. The molecule has 124 valence electrons. The molecule has 4 aromatic rings. The topological polar surface area (TPSA) is 0 Å². The molecule has 0 radical (unpaired) electrons. The Kier molecular flexibility index (Phi) is 3.88. The summed E-state index contributed by atoms with van der Waals surface area (Å²) in [4.78, 5) is 2.76. The number of hydrogen-bond acceptors (Lipinski definition) is 1. The molecule has 0 nitrogen and oxygen atoms in total. The Morgan fingerprint density at radius 2 is 0.923 bits per heavy atom. The van der Waals surface area contributed by atoms with Crippen molar-refractivity contribution in [3.8, 4) is 22.3 Å². The van der Waals surface area contributed by atoms with Crippen molar-refractivity contribution in [1.82, 2.24) is 0 Å². The van der Waals surface area contributed by atoms with Gasteiger partial charge in [0.05, 0.1) is 0 Å². The monoisotopic (exact) mass is 350 g/mol. The van der Waals surface area contributed by atoms with Crippen LogP contribution in [-0.2, 0) is 6.42 Å². The van der Waals surface area contributed by atoms with E-state index in [0.717, 1.165) is 6.42 Å². The van der Waals surface area contributed by atoms with Crippen LogP contribution in [0.3, 0.4) is 0 Å². The van der Waals surface area contributed by atoms with Gasteiger partial charge in [0.15, 0.2) is 0 Å². The first-order valence-corrected chi connectivity index (χ1v) is 9.73. The van der Waals surface area contributed by atoms with Gasteiger partial charge < -0.3 is 0 Å². The van der Waals surface area contributed by atoms with Gasteiger partial charge in [-0.15, -0.1) is 0 Å². The van der Waals surface area contributed by atoms with Crippen LogP contribution in [0.5, 0.6) is 0 Å². The summed E-state index contributed by atoms with van der Waals surface area (Å²) in [5.41, 5.74) is 7.99. The SMILES string of the molecule is c1ccc(-c2ccc3c(c2)Sc2cc(-c4ccccc4)ccc2C3)cc1. The maximum absolute atomic E-state index is 2.34. The third kappa shape index (κ3) is 2.85. The van der Waals surface area contributed by atoms with Gasteiger partial charge in [0, 0.05) is 9.79 Å². The molecule has 0 bridgehead atoms. The predicted octanol–water partition coefficient (Wildman–Crippen LogP) is 7.08. The first-order valence-electron chi connectivity index (χ1n) is 8.91. The second-order valence-corrected chi connectivity index (χ2v) is 7.74. The Hall–Kier alpha value is -2.77. The second-order valence-electron chi connectivity index (χ2n) is 6.66. The highest BCUT2D eigenvalue weighted by Gasteiger charge is 2.17. The first kappa shape index (κ1) is 15.5. The predicted molar refractivity (Wildman–Crippen MR) is 111 cm³/mol. The molecule has 0 saturated heterocycles. The summed E-state index contributed by atoms with van der Waals surface area (Å²) in [6, 6.07) is 35.0. The standard InChI is InChI=1S/C25H18S/c1-3-7-18(8-4-1)20-11-13-22-15-23-14-12-21(19-9-5-2-6-10-19)17-25(23)26-24(22)16-20/h1-14,16-17H,15H2. The summed E-state index contributed by atoms with van der Waals surface area (Å²) in [7, 11) is 0. The van der Waals surface area contributed by atoms with Gasteiger partial charge in [-0.2, -0.15) is 0 Å². The maximum atomic E-state index is 2.34. The van der Waals surface area contributed by atoms with Crippen LogP contribution in [0.2, 0.25) is 0 Å². The first-order chi connectivity index (χ1) is 12.9. The van der Waals surface area contributed by atoms with E-state index in [0.29, 0.717) is 0 Å². The van der Waals surface area contributed by atoms with Crippen molar-refractivity contribution in [3.63, 3.8) is 0 Å². The van der Waals surface area contributed by atoms with E-state index < -0.39 is 0 Å². The Labute approximate surface area is 158 Å². The Morgan fingerprint density at radius 1 is 0.462 bits per heavy atom. The Morgan fingerprint density at radius 3 is 1.38 bits per heavy atom. The van der Waals surface area contributed by atoms with Crippen molar-refractivity contribution < 1.29 is 0 Å². The lowest BCUT2D eigenvalue weighted by Crippen LogP contribution is -2.00. The van der Waals surface area contributed by atoms with Gasteiger partial charge in [0.1, 0.15) is 0 Å². The molecule has 0 spiro atoms. The highest BCUT2D eigenvalue weighted by atomic mass is 32.2. The minimum absolute atomic E-state index is 1.02. The van der Waals surface area contributed by atoms with Crippen LogP contribution in [0.15, 0.2) is 107 Å². The molecular formula is C25H18S. The van der Waals surface area contributed by atoms with E-state index in [9.17, 15) is 0 Å². The molecule has 1 aliphatic rings. The van der Waals surface area contributed by atoms with Gasteiger partial charge in [-0.1, -0.05) is 96.7 Å². The molecular weight excluding hydrogens is 332 g/mol. The molecule has 0 atom stereocenters. The smallest absolute Gasteiger partial charge is 0.0164 e. The van der Waals surface area contributed by atoms with Gasteiger partial charge in [0.25, 0.3) is 0 Å². The average Bonchev–Trinajstić information content (AvgIpc) is 2.73. The normalized spacial score (nSPS) is 12.3. The van der Waals surface area contributed by atoms with E-state index in [1.807, 2.05) is 11.8 Å². The van der Waals surface area contributed by atoms with E-state index in [1.165, 1.54) is 43.2 Å². The molecule has 0 amide bonds. The van der Waals surface area contributed by atoms with Crippen LogP contribution in [0, 0.1) is 0 Å². The van der Waals surface area contributed by atoms with E-state index in [4.69, 9.17) is 0 Å². The molecule has 5 rings (SSSR count). The van der Waals surface area contributed by atoms with E-state index in [-0.39, 0.29) is 0 Å². The molecule has 4 aromatic carbocycles. The average molecular weight is 350 g/mol. The number of fused-ring (bicyclic) bond motifs is 2. The summed E-state index contributed by atoms with van der Waals surface area (Å²) in [5, 5.41) is 0. The fourth-order valence-corrected chi connectivity index (χ4v) is 4.69. The highest BCUT2D eigenvalue weighted by molar-refractivity contribution is 7.99. The molecule has 1 heterocycles. The van der Waals surface area contributed by atoms with Crippen molar-refractivity contribution in [1.29, 1.82) is 0 Å². The molecule has 0 unspecified atom stereocenters. The molecule has 1 heteroatoms. The molecule has 26 heavy (non-hydrogen) atoms. The van der Waals surface area contributed by atoms with Gasteiger partial charge in [-0.05, 0) is 51.9 Å². The number of benzene rings is 4. The number of hydrogen-bond donors (Lipinski definition) is 0. The lowest BCUT2D eigenvalue weighted by Gasteiger charge is -2.20. The van der Waals surface area contributed by atoms with Crippen LogP contribution in [0.4, 0.5) is 0 Å². The minimum atomic E-state index is 1.02. The summed E-state index contributed by atoms with van der Waals surface area (Å²) < 4.78 is 0. The lowest BCUT2D eigenvalue weighted by atomic mass is 9.98. The third-order valence-corrected chi connectivity index (χ3v) is 6.15. The zero-order valence-corrected chi connectivity index (χ0v) is 15.2. The van der Waals surface area contributed by atoms with E-state index in [2.05, 4.69) is 97.1 Å². The van der Waals surface area contributed by atoms with Crippen molar-refractivity contribution in [2.24, 2.45) is 0 Å². The third-order valence-electron chi connectivity index (χ3n) is 4.95. The highest BCUT2D eigenvalue weighted by Crippen LogP contribution is 2.42. The van der Waals surface area contributed by atoms with Crippen LogP contribution < -0.4 is 0 Å². The van der Waals surface area contributed by atoms with Crippen LogP contribution >= 0.6 is 11.8 Å². The van der Waals surface area contributed by atoms with E-state index >= 15 is 0 Å². The van der Waals surface area contributed by atoms with Crippen molar-refractivity contribution in [2.45, 2.75) is 16.2 Å².